The molecule has 0 unspecified atom stereocenters. The summed E-state index contributed by atoms with van der Waals surface area (Å²) in [7, 11) is -1.92. The predicted molar refractivity (Wildman–Crippen MR) is 68.4 cm³/mol. The van der Waals surface area contributed by atoms with E-state index in [0.29, 0.717) is 12.2 Å². The van der Waals surface area contributed by atoms with Gasteiger partial charge in [0.1, 0.15) is 4.90 Å². The van der Waals surface area contributed by atoms with Crippen molar-refractivity contribution in [1.29, 1.82) is 0 Å². The van der Waals surface area contributed by atoms with Crippen LogP contribution in [0.25, 0.3) is 0 Å². The molecule has 0 atom stereocenters. The van der Waals surface area contributed by atoms with Crippen LogP contribution in [0.5, 0.6) is 0 Å². The number of sulfonamides is 1. The Morgan fingerprint density at radius 1 is 1.28 bits per heavy atom. The van der Waals surface area contributed by atoms with E-state index in [1.165, 1.54) is 10.5 Å². The Morgan fingerprint density at radius 2 is 1.94 bits per heavy atom. The number of aromatic amines is 1. The summed E-state index contributed by atoms with van der Waals surface area (Å²) in [6.45, 7) is 2.03. The van der Waals surface area contributed by atoms with Crippen molar-refractivity contribution in [3.8, 4) is 0 Å². The number of rotatable bonds is 4. The number of aromatic nitrogens is 2. The fourth-order valence-electron chi connectivity index (χ4n) is 1.69. The predicted octanol–water partition coefficient (Wildman–Crippen LogP) is 1.54. The summed E-state index contributed by atoms with van der Waals surface area (Å²) in [6, 6.07) is 9.47. The monoisotopic (exact) mass is 265 g/mol. The van der Waals surface area contributed by atoms with Gasteiger partial charge in [-0.25, -0.2) is 8.42 Å². The minimum Gasteiger partial charge on any atom is -0.281 e. The minimum absolute atomic E-state index is 0.223. The molecule has 1 aromatic carbocycles. The first-order valence-electron chi connectivity index (χ1n) is 5.52. The first kappa shape index (κ1) is 12.8. The average molecular weight is 265 g/mol. The van der Waals surface area contributed by atoms with Gasteiger partial charge in [0.25, 0.3) is 0 Å². The van der Waals surface area contributed by atoms with Crippen LogP contribution in [0.4, 0.5) is 0 Å². The largest absolute Gasteiger partial charge is 0.281 e. The van der Waals surface area contributed by atoms with E-state index in [1.54, 1.807) is 14.0 Å². The van der Waals surface area contributed by atoms with Crippen molar-refractivity contribution < 1.29 is 8.42 Å². The van der Waals surface area contributed by atoms with Gasteiger partial charge in [-0.05, 0) is 12.5 Å². The summed E-state index contributed by atoms with van der Waals surface area (Å²) in [4.78, 5) is 0.223. The maximum atomic E-state index is 12.3. The topological polar surface area (TPSA) is 66.1 Å². The van der Waals surface area contributed by atoms with Crippen LogP contribution in [0.15, 0.2) is 41.4 Å². The van der Waals surface area contributed by atoms with Crippen LogP contribution in [0.3, 0.4) is 0 Å². The van der Waals surface area contributed by atoms with Crippen LogP contribution in [-0.2, 0) is 16.6 Å². The molecule has 0 saturated heterocycles. The lowest BCUT2D eigenvalue weighted by Gasteiger charge is -2.16. The van der Waals surface area contributed by atoms with Gasteiger partial charge in [-0.15, -0.1) is 0 Å². The number of H-pyrrole nitrogens is 1. The van der Waals surface area contributed by atoms with E-state index in [2.05, 4.69) is 10.2 Å². The molecule has 0 radical (unpaired) electrons. The van der Waals surface area contributed by atoms with Crippen molar-refractivity contribution in [1.82, 2.24) is 14.5 Å². The molecule has 18 heavy (non-hydrogen) atoms. The van der Waals surface area contributed by atoms with Crippen LogP contribution in [0, 0.1) is 6.92 Å². The molecule has 1 heterocycles. The van der Waals surface area contributed by atoms with Crippen LogP contribution in [0.2, 0.25) is 0 Å². The molecule has 2 rings (SSSR count). The van der Waals surface area contributed by atoms with E-state index < -0.39 is 10.0 Å². The Morgan fingerprint density at radius 3 is 2.50 bits per heavy atom. The highest BCUT2D eigenvalue weighted by molar-refractivity contribution is 7.89. The Kier molecular flexibility index (Phi) is 3.49. The van der Waals surface area contributed by atoms with Crippen LogP contribution < -0.4 is 0 Å². The lowest BCUT2D eigenvalue weighted by atomic mass is 10.2. The Balaban J connectivity index is 2.24. The van der Waals surface area contributed by atoms with Crippen molar-refractivity contribution in [3.05, 3.63) is 47.8 Å². The number of nitrogens with zero attached hydrogens (tertiary/aromatic N) is 2. The number of nitrogens with one attached hydrogen (secondary N) is 1. The fraction of sp³-hybridized carbons (Fsp3) is 0.250. The maximum Gasteiger partial charge on any atom is 0.246 e. The highest BCUT2D eigenvalue weighted by atomic mass is 32.2. The van der Waals surface area contributed by atoms with Crippen molar-refractivity contribution in [2.24, 2.45) is 0 Å². The standard InChI is InChI=1S/C12H15N3O2S/c1-10-12(8-13-14-10)18(16,17)15(2)9-11-6-4-3-5-7-11/h3-8H,9H2,1-2H3,(H,13,14). The van der Waals surface area contributed by atoms with Gasteiger partial charge < -0.3 is 0 Å². The molecule has 2 aromatic rings. The first-order chi connectivity index (χ1) is 8.51. The molecular formula is C12H15N3O2S. The molecule has 0 amide bonds. The lowest BCUT2D eigenvalue weighted by Crippen LogP contribution is -2.26. The molecule has 0 saturated carbocycles. The van der Waals surface area contributed by atoms with Gasteiger partial charge in [-0.2, -0.15) is 9.40 Å². The maximum absolute atomic E-state index is 12.3. The average Bonchev–Trinajstić information content (AvgIpc) is 2.77. The lowest BCUT2D eigenvalue weighted by molar-refractivity contribution is 0.466. The zero-order valence-corrected chi connectivity index (χ0v) is 11.1. The van der Waals surface area contributed by atoms with Crippen LogP contribution in [0.1, 0.15) is 11.3 Å². The van der Waals surface area contributed by atoms with Crippen molar-refractivity contribution in [2.75, 3.05) is 7.05 Å². The van der Waals surface area contributed by atoms with Gasteiger partial charge in [0.05, 0.1) is 11.9 Å². The molecule has 1 N–H and O–H groups in total. The van der Waals surface area contributed by atoms with E-state index in [1.807, 2.05) is 30.3 Å². The molecule has 0 aliphatic rings. The molecule has 0 spiro atoms. The molecule has 96 valence electrons. The van der Waals surface area contributed by atoms with Crippen LogP contribution >= 0.6 is 0 Å². The van der Waals surface area contributed by atoms with Gasteiger partial charge in [-0.1, -0.05) is 30.3 Å². The summed E-state index contributed by atoms with van der Waals surface area (Å²) in [5, 5.41) is 6.38. The third kappa shape index (κ3) is 2.44. The number of hydrogen-bond donors (Lipinski definition) is 1. The summed E-state index contributed by atoms with van der Waals surface area (Å²) < 4.78 is 25.9. The van der Waals surface area contributed by atoms with E-state index in [0.717, 1.165) is 5.56 Å². The van der Waals surface area contributed by atoms with E-state index in [9.17, 15) is 8.42 Å². The van der Waals surface area contributed by atoms with Crippen molar-refractivity contribution in [2.45, 2.75) is 18.4 Å². The Labute approximate surface area is 107 Å². The third-order valence-electron chi connectivity index (χ3n) is 2.72. The third-order valence-corrected chi connectivity index (χ3v) is 4.64. The number of hydrogen-bond acceptors (Lipinski definition) is 3. The second-order valence-electron chi connectivity index (χ2n) is 4.11. The van der Waals surface area contributed by atoms with Crippen molar-refractivity contribution in [3.63, 3.8) is 0 Å². The van der Waals surface area contributed by atoms with Gasteiger partial charge in [0.2, 0.25) is 10.0 Å². The second-order valence-corrected chi connectivity index (χ2v) is 6.12. The highest BCUT2D eigenvalue weighted by Crippen LogP contribution is 2.18. The molecule has 5 nitrogen and oxygen atoms in total. The van der Waals surface area contributed by atoms with Gasteiger partial charge in [-0.3, -0.25) is 5.10 Å². The summed E-state index contributed by atoms with van der Waals surface area (Å²) in [5.41, 5.74) is 1.50. The van der Waals surface area contributed by atoms with E-state index >= 15 is 0 Å². The smallest absolute Gasteiger partial charge is 0.246 e. The molecular weight excluding hydrogens is 250 g/mol. The quantitative estimate of drug-likeness (QED) is 0.912. The van der Waals surface area contributed by atoms with E-state index in [4.69, 9.17) is 0 Å². The zero-order valence-electron chi connectivity index (χ0n) is 10.3. The second kappa shape index (κ2) is 4.91. The summed E-state index contributed by atoms with van der Waals surface area (Å²) in [5.74, 6) is 0. The fourth-order valence-corrected chi connectivity index (χ4v) is 2.97. The molecule has 0 aliphatic heterocycles. The SMILES string of the molecule is Cc1[nH]ncc1S(=O)(=O)N(C)Cc1ccccc1. The normalized spacial score (nSPS) is 11.9. The van der Waals surface area contributed by atoms with Gasteiger partial charge in [0, 0.05) is 13.6 Å². The summed E-state index contributed by atoms with van der Waals surface area (Å²) >= 11 is 0. The summed E-state index contributed by atoms with van der Waals surface area (Å²) in [6.07, 6.45) is 1.34. The van der Waals surface area contributed by atoms with Gasteiger partial charge >= 0.3 is 0 Å². The Hall–Kier alpha value is -1.66. The first-order valence-corrected chi connectivity index (χ1v) is 6.96. The van der Waals surface area contributed by atoms with Crippen LogP contribution in [-0.4, -0.2) is 30.0 Å². The number of aryl methyl sites for hydroxylation is 1. The highest BCUT2D eigenvalue weighted by Gasteiger charge is 2.24. The minimum atomic E-state index is -3.48. The molecule has 0 fully saturated rings. The van der Waals surface area contributed by atoms with Gasteiger partial charge in [0.15, 0.2) is 0 Å². The van der Waals surface area contributed by atoms with E-state index in [-0.39, 0.29) is 4.90 Å². The Bertz CT molecular complexity index is 620. The zero-order chi connectivity index (χ0) is 13.2. The molecule has 1 aromatic heterocycles. The molecule has 0 aliphatic carbocycles. The molecule has 0 bridgehead atoms. The van der Waals surface area contributed by atoms with Crippen molar-refractivity contribution >= 4 is 10.0 Å². The molecule has 6 heteroatoms. The number of benzene rings is 1.